The van der Waals surface area contributed by atoms with E-state index in [-0.39, 0.29) is 0 Å². The summed E-state index contributed by atoms with van der Waals surface area (Å²) in [5, 5.41) is 3.79. The fourth-order valence-corrected chi connectivity index (χ4v) is 1.09. The molecule has 2 heterocycles. The summed E-state index contributed by atoms with van der Waals surface area (Å²) in [7, 11) is 1.59. The van der Waals surface area contributed by atoms with E-state index in [0.717, 1.165) is 11.2 Å². The number of ether oxygens (including phenoxy) is 1. The predicted molar refractivity (Wildman–Crippen MR) is 43.1 cm³/mol. The first-order valence-electron chi connectivity index (χ1n) is 3.58. The Kier molecular flexibility index (Phi) is 1.46. The molecule has 0 aliphatic heterocycles. The largest absolute Gasteiger partial charge is 0.493 e. The third-order valence-corrected chi connectivity index (χ3v) is 1.70. The van der Waals surface area contributed by atoms with Gasteiger partial charge in [-0.3, -0.25) is 4.98 Å². The van der Waals surface area contributed by atoms with Gasteiger partial charge in [-0.25, -0.2) is 0 Å². The molecular formula is C8H8N2O2. The quantitative estimate of drug-likeness (QED) is 0.641. The molecule has 0 atom stereocenters. The second-order valence-corrected chi connectivity index (χ2v) is 2.46. The van der Waals surface area contributed by atoms with E-state index in [4.69, 9.17) is 9.26 Å². The Morgan fingerprint density at radius 1 is 1.50 bits per heavy atom. The first-order valence-corrected chi connectivity index (χ1v) is 3.58. The molecule has 2 aromatic heterocycles. The molecule has 0 amide bonds. The van der Waals surface area contributed by atoms with Crippen LogP contribution in [-0.2, 0) is 0 Å². The molecule has 0 N–H and O–H groups in total. The molecule has 0 saturated heterocycles. The second-order valence-electron chi connectivity index (χ2n) is 2.46. The van der Waals surface area contributed by atoms with E-state index in [2.05, 4.69) is 10.1 Å². The standard InChI is InChI=1S/C8H8N2O2/c1-5-7-8(12-10-5)6(11-2)3-4-9-7/h3-4H,1-2H3. The van der Waals surface area contributed by atoms with E-state index in [1.54, 1.807) is 19.4 Å². The Balaban J connectivity index is 2.81. The summed E-state index contributed by atoms with van der Waals surface area (Å²) in [5.74, 6) is 0.667. The average Bonchev–Trinajstić information content (AvgIpc) is 2.48. The van der Waals surface area contributed by atoms with Crippen molar-refractivity contribution in [1.29, 1.82) is 0 Å². The number of methoxy groups -OCH3 is 1. The highest BCUT2D eigenvalue weighted by atomic mass is 16.5. The van der Waals surface area contributed by atoms with Gasteiger partial charge < -0.3 is 9.26 Å². The maximum Gasteiger partial charge on any atom is 0.227 e. The van der Waals surface area contributed by atoms with Gasteiger partial charge in [0.05, 0.1) is 7.11 Å². The van der Waals surface area contributed by atoms with Crippen LogP contribution in [0.5, 0.6) is 5.75 Å². The summed E-state index contributed by atoms with van der Waals surface area (Å²) >= 11 is 0. The molecule has 0 aliphatic rings. The Hall–Kier alpha value is -1.58. The highest BCUT2D eigenvalue weighted by Crippen LogP contribution is 2.24. The van der Waals surface area contributed by atoms with Gasteiger partial charge in [0.2, 0.25) is 5.58 Å². The average molecular weight is 164 g/mol. The van der Waals surface area contributed by atoms with E-state index < -0.39 is 0 Å². The Bertz CT molecular complexity index is 408. The highest BCUT2D eigenvalue weighted by Gasteiger charge is 2.09. The van der Waals surface area contributed by atoms with Crippen LogP contribution in [0.25, 0.3) is 11.1 Å². The van der Waals surface area contributed by atoms with Crippen LogP contribution in [0.15, 0.2) is 16.8 Å². The molecule has 2 aromatic rings. The second kappa shape index (κ2) is 2.48. The van der Waals surface area contributed by atoms with Crippen LogP contribution in [0, 0.1) is 6.92 Å². The van der Waals surface area contributed by atoms with Gasteiger partial charge in [0.25, 0.3) is 0 Å². The highest BCUT2D eigenvalue weighted by molar-refractivity contribution is 5.80. The molecule has 0 saturated carbocycles. The van der Waals surface area contributed by atoms with E-state index in [1.807, 2.05) is 6.92 Å². The van der Waals surface area contributed by atoms with Crippen LogP contribution in [0.3, 0.4) is 0 Å². The van der Waals surface area contributed by atoms with Crippen LogP contribution < -0.4 is 4.74 Å². The van der Waals surface area contributed by atoms with Crippen molar-refractivity contribution in [3.63, 3.8) is 0 Å². The fraction of sp³-hybridized carbons (Fsp3) is 0.250. The molecule has 0 fully saturated rings. The van der Waals surface area contributed by atoms with Gasteiger partial charge in [0, 0.05) is 12.3 Å². The molecule has 2 rings (SSSR count). The first-order chi connectivity index (χ1) is 5.83. The number of nitrogens with zero attached hydrogens (tertiary/aromatic N) is 2. The van der Waals surface area contributed by atoms with Gasteiger partial charge in [-0.2, -0.15) is 0 Å². The van der Waals surface area contributed by atoms with E-state index in [1.165, 1.54) is 0 Å². The van der Waals surface area contributed by atoms with Crippen LogP contribution >= 0.6 is 0 Å². The number of aromatic nitrogens is 2. The molecule has 4 heteroatoms. The number of pyridine rings is 1. The third-order valence-electron chi connectivity index (χ3n) is 1.70. The molecule has 0 unspecified atom stereocenters. The fourth-order valence-electron chi connectivity index (χ4n) is 1.09. The summed E-state index contributed by atoms with van der Waals surface area (Å²) in [6.45, 7) is 1.85. The molecule has 0 spiro atoms. The lowest BCUT2D eigenvalue weighted by atomic mass is 10.3. The Morgan fingerprint density at radius 2 is 2.33 bits per heavy atom. The zero-order chi connectivity index (χ0) is 8.55. The minimum Gasteiger partial charge on any atom is -0.493 e. The molecule has 0 aliphatic carbocycles. The minimum atomic E-state index is 0.609. The van der Waals surface area contributed by atoms with Crippen molar-refractivity contribution in [2.75, 3.05) is 7.11 Å². The minimum absolute atomic E-state index is 0.609. The molecular weight excluding hydrogens is 156 g/mol. The van der Waals surface area contributed by atoms with Crippen LogP contribution in [0.4, 0.5) is 0 Å². The van der Waals surface area contributed by atoms with E-state index in [0.29, 0.717) is 11.3 Å². The number of fused-ring (bicyclic) bond motifs is 1. The van der Waals surface area contributed by atoms with Crippen LogP contribution in [0.2, 0.25) is 0 Å². The third kappa shape index (κ3) is 0.845. The SMILES string of the molecule is COc1ccnc2c(C)noc12. The van der Waals surface area contributed by atoms with Crippen molar-refractivity contribution >= 4 is 11.1 Å². The monoisotopic (exact) mass is 164 g/mol. The lowest BCUT2D eigenvalue weighted by Gasteiger charge is -1.96. The van der Waals surface area contributed by atoms with Crippen molar-refractivity contribution in [3.8, 4) is 5.75 Å². The van der Waals surface area contributed by atoms with E-state index in [9.17, 15) is 0 Å². The zero-order valence-electron chi connectivity index (χ0n) is 6.87. The van der Waals surface area contributed by atoms with Crippen molar-refractivity contribution < 1.29 is 9.26 Å². The van der Waals surface area contributed by atoms with Gasteiger partial charge in [0.1, 0.15) is 11.2 Å². The predicted octanol–water partition coefficient (Wildman–Crippen LogP) is 1.54. The smallest absolute Gasteiger partial charge is 0.227 e. The van der Waals surface area contributed by atoms with Gasteiger partial charge in [-0.1, -0.05) is 5.16 Å². The summed E-state index contributed by atoms with van der Waals surface area (Å²) in [4.78, 5) is 4.11. The van der Waals surface area contributed by atoms with Gasteiger partial charge in [0.15, 0.2) is 5.75 Å². The molecule has 0 bridgehead atoms. The first kappa shape index (κ1) is 7.09. The number of hydrogen-bond donors (Lipinski definition) is 0. The summed E-state index contributed by atoms with van der Waals surface area (Å²) in [6, 6.07) is 1.74. The number of aryl methyl sites for hydroxylation is 1. The Labute approximate surface area is 69.1 Å². The van der Waals surface area contributed by atoms with Crippen molar-refractivity contribution in [2.24, 2.45) is 0 Å². The summed E-state index contributed by atoms with van der Waals surface area (Å²) < 4.78 is 10.1. The van der Waals surface area contributed by atoms with Crippen LogP contribution in [-0.4, -0.2) is 17.3 Å². The van der Waals surface area contributed by atoms with E-state index >= 15 is 0 Å². The maximum absolute atomic E-state index is 5.07. The maximum atomic E-state index is 5.07. The molecule has 12 heavy (non-hydrogen) atoms. The Morgan fingerprint density at radius 3 is 3.08 bits per heavy atom. The topological polar surface area (TPSA) is 48.2 Å². The lowest BCUT2D eigenvalue weighted by Crippen LogP contribution is -1.84. The number of hydrogen-bond acceptors (Lipinski definition) is 4. The van der Waals surface area contributed by atoms with Crippen molar-refractivity contribution in [1.82, 2.24) is 10.1 Å². The molecule has 4 nitrogen and oxygen atoms in total. The number of rotatable bonds is 1. The summed E-state index contributed by atoms with van der Waals surface area (Å²) in [5.41, 5.74) is 2.15. The summed E-state index contributed by atoms with van der Waals surface area (Å²) in [6.07, 6.45) is 1.67. The molecule has 0 aromatic carbocycles. The van der Waals surface area contributed by atoms with Crippen LogP contribution in [0.1, 0.15) is 5.69 Å². The van der Waals surface area contributed by atoms with Gasteiger partial charge in [-0.05, 0) is 6.92 Å². The van der Waals surface area contributed by atoms with Gasteiger partial charge >= 0.3 is 0 Å². The normalized spacial score (nSPS) is 10.5. The zero-order valence-corrected chi connectivity index (χ0v) is 6.87. The molecule has 62 valence electrons. The van der Waals surface area contributed by atoms with Gasteiger partial charge in [-0.15, -0.1) is 0 Å². The van der Waals surface area contributed by atoms with Crippen molar-refractivity contribution in [2.45, 2.75) is 6.92 Å². The molecule has 0 radical (unpaired) electrons. The van der Waals surface area contributed by atoms with Crippen molar-refractivity contribution in [3.05, 3.63) is 18.0 Å². The lowest BCUT2D eigenvalue weighted by molar-refractivity contribution is 0.391.